The van der Waals surface area contributed by atoms with Gasteiger partial charge in [0.15, 0.2) is 0 Å². The smallest absolute Gasteiger partial charge is 0.120 e. The van der Waals surface area contributed by atoms with E-state index in [1.165, 1.54) is 5.39 Å². The first-order chi connectivity index (χ1) is 7.79. The van der Waals surface area contributed by atoms with Gasteiger partial charge in [0.2, 0.25) is 0 Å². The minimum Gasteiger partial charge on any atom is -0.497 e. The lowest BCUT2D eigenvalue weighted by molar-refractivity contribution is 0.415. The minimum absolute atomic E-state index is 0.771. The van der Waals surface area contributed by atoms with Crippen LogP contribution in [0, 0.1) is 0 Å². The average molecular weight is 212 g/mol. The topological polar surface area (TPSA) is 51.0 Å². The molecule has 0 unspecified atom stereocenters. The number of nitrogens with two attached hydrogens (primary N) is 1. The van der Waals surface area contributed by atoms with Crippen LogP contribution in [-0.4, -0.2) is 12.1 Å². The number of methoxy groups -OCH3 is 1. The third-order valence-electron chi connectivity index (χ3n) is 2.87. The number of hydrogen-bond donors (Lipinski definition) is 2. The van der Waals surface area contributed by atoms with Crippen molar-refractivity contribution < 1.29 is 4.74 Å². The van der Waals surface area contributed by atoms with Gasteiger partial charge in [-0.1, -0.05) is 12.1 Å². The highest BCUT2D eigenvalue weighted by atomic mass is 16.5. The fourth-order valence-corrected chi connectivity index (χ4v) is 2.06. The molecule has 0 saturated carbocycles. The predicted molar refractivity (Wildman–Crippen MR) is 66.8 cm³/mol. The number of nitrogens with one attached hydrogen (secondary N) is 1. The van der Waals surface area contributed by atoms with Gasteiger partial charge in [-0.25, -0.2) is 0 Å². The lowest BCUT2D eigenvalue weighted by Gasteiger charge is -1.98. The summed E-state index contributed by atoms with van der Waals surface area (Å²) in [5, 5.41) is 2.32. The van der Waals surface area contributed by atoms with Gasteiger partial charge < -0.3 is 15.5 Å². The molecule has 0 aliphatic carbocycles. The van der Waals surface area contributed by atoms with Gasteiger partial charge in [0, 0.05) is 16.8 Å². The molecule has 3 nitrogen and oxygen atoms in total. The van der Waals surface area contributed by atoms with Crippen molar-refractivity contribution in [3.8, 4) is 5.75 Å². The molecule has 0 bridgehead atoms. The Morgan fingerprint density at radius 1 is 1.12 bits per heavy atom. The minimum atomic E-state index is 0.771. The maximum absolute atomic E-state index is 5.93. The van der Waals surface area contributed by atoms with Gasteiger partial charge in [-0.3, -0.25) is 0 Å². The van der Waals surface area contributed by atoms with E-state index in [0.717, 1.165) is 27.9 Å². The highest BCUT2D eigenvalue weighted by molar-refractivity contribution is 6.10. The summed E-state index contributed by atoms with van der Waals surface area (Å²) in [6.45, 7) is 0. The van der Waals surface area contributed by atoms with Crippen molar-refractivity contribution in [1.29, 1.82) is 0 Å². The van der Waals surface area contributed by atoms with Crippen LogP contribution in [0.4, 0.5) is 5.69 Å². The Morgan fingerprint density at radius 3 is 2.81 bits per heavy atom. The van der Waals surface area contributed by atoms with Crippen LogP contribution >= 0.6 is 0 Å². The zero-order valence-electron chi connectivity index (χ0n) is 8.95. The number of aromatic amines is 1. The van der Waals surface area contributed by atoms with Crippen LogP contribution in [0.25, 0.3) is 21.8 Å². The Hall–Kier alpha value is -2.16. The van der Waals surface area contributed by atoms with Gasteiger partial charge in [0.1, 0.15) is 5.75 Å². The molecule has 3 N–H and O–H groups in total. The first-order valence-corrected chi connectivity index (χ1v) is 5.13. The fraction of sp³-hybridized carbons (Fsp3) is 0.0769. The molecule has 3 rings (SSSR count). The molecule has 0 aliphatic heterocycles. The molecule has 3 heteroatoms. The van der Waals surface area contributed by atoms with Crippen molar-refractivity contribution in [3.05, 3.63) is 36.4 Å². The quantitative estimate of drug-likeness (QED) is 0.609. The van der Waals surface area contributed by atoms with E-state index in [0.29, 0.717) is 0 Å². The summed E-state index contributed by atoms with van der Waals surface area (Å²) in [5.74, 6) is 0.845. The standard InChI is InChI=1S/C13H12N2O/c1-16-8-5-6-9-10-3-2-4-11(14)13(10)15-12(9)7-8/h2-7,15H,14H2,1H3. The number of aromatic nitrogens is 1. The summed E-state index contributed by atoms with van der Waals surface area (Å²) in [7, 11) is 1.66. The molecule has 1 heterocycles. The normalized spacial score (nSPS) is 11.1. The molecule has 0 radical (unpaired) electrons. The van der Waals surface area contributed by atoms with E-state index < -0.39 is 0 Å². The Labute approximate surface area is 92.8 Å². The molecule has 16 heavy (non-hydrogen) atoms. The molecular weight excluding hydrogens is 200 g/mol. The predicted octanol–water partition coefficient (Wildman–Crippen LogP) is 2.91. The second kappa shape index (κ2) is 3.17. The van der Waals surface area contributed by atoms with E-state index in [-0.39, 0.29) is 0 Å². The number of fused-ring (bicyclic) bond motifs is 3. The Bertz CT molecular complexity index is 670. The van der Waals surface area contributed by atoms with Gasteiger partial charge in [-0.2, -0.15) is 0 Å². The van der Waals surface area contributed by atoms with Crippen LogP contribution < -0.4 is 10.5 Å². The van der Waals surface area contributed by atoms with Crippen molar-refractivity contribution in [2.45, 2.75) is 0 Å². The summed E-state index contributed by atoms with van der Waals surface area (Å²) >= 11 is 0. The van der Waals surface area contributed by atoms with Gasteiger partial charge in [-0.15, -0.1) is 0 Å². The van der Waals surface area contributed by atoms with Gasteiger partial charge >= 0.3 is 0 Å². The number of benzene rings is 2. The third kappa shape index (κ3) is 1.15. The zero-order chi connectivity index (χ0) is 11.1. The number of nitrogen functional groups attached to an aromatic ring is 1. The van der Waals surface area contributed by atoms with Crippen molar-refractivity contribution in [2.75, 3.05) is 12.8 Å². The number of hydrogen-bond acceptors (Lipinski definition) is 2. The van der Waals surface area contributed by atoms with Gasteiger partial charge in [0.05, 0.1) is 23.8 Å². The molecule has 0 aliphatic rings. The molecule has 0 atom stereocenters. The molecule has 3 aromatic rings. The van der Waals surface area contributed by atoms with E-state index in [1.54, 1.807) is 7.11 Å². The molecule has 2 aromatic carbocycles. The first-order valence-electron chi connectivity index (χ1n) is 5.13. The van der Waals surface area contributed by atoms with Crippen LogP contribution in [0.3, 0.4) is 0 Å². The largest absolute Gasteiger partial charge is 0.497 e. The Balaban J connectivity index is 2.45. The molecule has 1 aromatic heterocycles. The highest BCUT2D eigenvalue weighted by Gasteiger charge is 2.06. The number of para-hydroxylation sites is 1. The van der Waals surface area contributed by atoms with E-state index in [4.69, 9.17) is 10.5 Å². The highest BCUT2D eigenvalue weighted by Crippen LogP contribution is 2.30. The summed E-state index contributed by atoms with van der Waals surface area (Å²) in [6.07, 6.45) is 0. The van der Waals surface area contributed by atoms with E-state index >= 15 is 0 Å². The van der Waals surface area contributed by atoms with Crippen LogP contribution in [0.15, 0.2) is 36.4 Å². The molecule has 0 fully saturated rings. The van der Waals surface area contributed by atoms with E-state index in [2.05, 4.69) is 11.1 Å². The van der Waals surface area contributed by atoms with E-state index in [1.807, 2.05) is 30.3 Å². The number of rotatable bonds is 1. The molecule has 80 valence electrons. The SMILES string of the molecule is COc1ccc2c(c1)[nH]c1c(N)cccc12. The van der Waals surface area contributed by atoms with Crippen molar-refractivity contribution >= 4 is 27.5 Å². The second-order valence-electron chi connectivity index (χ2n) is 3.81. The fourth-order valence-electron chi connectivity index (χ4n) is 2.06. The average Bonchev–Trinajstić information content (AvgIpc) is 2.68. The summed E-state index contributed by atoms with van der Waals surface area (Å²) in [6, 6.07) is 11.9. The summed E-state index contributed by atoms with van der Waals surface area (Å²) < 4.78 is 5.20. The van der Waals surface area contributed by atoms with Crippen LogP contribution in [0.2, 0.25) is 0 Å². The first kappa shape index (κ1) is 9.09. The number of anilines is 1. The summed E-state index contributed by atoms with van der Waals surface area (Å²) in [5.41, 5.74) is 8.74. The molecular formula is C13H12N2O. The van der Waals surface area contributed by atoms with Crippen molar-refractivity contribution in [2.24, 2.45) is 0 Å². The van der Waals surface area contributed by atoms with Crippen molar-refractivity contribution in [3.63, 3.8) is 0 Å². The molecule has 0 saturated heterocycles. The molecule has 0 amide bonds. The number of H-pyrrole nitrogens is 1. The molecule has 0 spiro atoms. The Kier molecular flexibility index (Phi) is 1.80. The van der Waals surface area contributed by atoms with Crippen LogP contribution in [0.1, 0.15) is 0 Å². The van der Waals surface area contributed by atoms with Gasteiger partial charge in [0.25, 0.3) is 0 Å². The lowest BCUT2D eigenvalue weighted by atomic mass is 10.1. The zero-order valence-corrected chi connectivity index (χ0v) is 8.95. The van der Waals surface area contributed by atoms with Crippen molar-refractivity contribution in [1.82, 2.24) is 4.98 Å². The lowest BCUT2D eigenvalue weighted by Crippen LogP contribution is -1.84. The Morgan fingerprint density at radius 2 is 2.00 bits per heavy atom. The maximum atomic E-state index is 5.93. The van der Waals surface area contributed by atoms with Gasteiger partial charge in [-0.05, 0) is 18.2 Å². The summed E-state index contributed by atoms with van der Waals surface area (Å²) in [4.78, 5) is 3.32. The van der Waals surface area contributed by atoms with Crippen LogP contribution in [-0.2, 0) is 0 Å². The van der Waals surface area contributed by atoms with Crippen LogP contribution in [0.5, 0.6) is 5.75 Å². The monoisotopic (exact) mass is 212 g/mol. The van der Waals surface area contributed by atoms with E-state index in [9.17, 15) is 0 Å². The maximum Gasteiger partial charge on any atom is 0.120 e. The second-order valence-corrected chi connectivity index (χ2v) is 3.81. The number of ether oxygens (including phenoxy) is 1. The third-order valence-corrected chi connectivity index (χ3v) is 2.87.